The van der Waals surface area contributed by atoms with Crippen LogP contribution in [0.4, 0.5) is 18.9 Å². The summed E-state index contributed by atoms with van der Waals surface area (Å²) in [7, 11) is 0. The van der Waals surface area contributed by atoms with Crippen molar-refractivity contribution in [3.8, 4) is 0 Å². The Labute approximate surface area is 123 Å². The normalized spacial score (nSPS) is 19.7. The molecule has 20 heavy (non-hydrogen) atoms. The van der Waals surface area contributed by atoms with Gasteiger partial charge in [0.25, 0.3) is 0 Å². The highest BCUT2D eigenvalue weighted by atomic mass is 35.5. The van der Waals surface area contributed by atoms with Gasteiger partial charge in [0, 0.05) is 23.1 Å². The van der Waals surface area contributed by atoms with Crippen LogP contribution in [0.25, 0.3) is 0 Å². The van der Waals surface area contributed by atoms with E-state index in [2.05, 4.69) is 10.6 Å². The lowest BCUT2D eigenvalue weighted by Gasteiger charge is -2.23. The molecule has 1 aromatic carbocycles. The third kappa shape index (κ3) is 3.80. The molecule has 110 valence electrons. The lowest BCUT2D eigenvalue weighted by molar-refractivity contribution is -0.137. The lowest BCUT2D eigenvalue weighted by Crippen LogP contribution is -2.46. The van der Waals surface area contributed by atoms with Crippen LogP contribution in [-0.2, 0) is 11.0 Å². The first-order valence-electron chi connectivity index (χ1n) is 5.86. The number of carbonyl (C=O) groups excluding carboxylic acids is 1. The number of rotatable bonds is 2. The van der Waals surface area contributed by atoms with Gasteiger partial charge < -0.3 is 10.6 Å². The Morgan fingerprint density at radius 1 is 1.45 bits per heavy atom. The van der Waals surface area contributed by atoms with Gasteiger partial charge in [-0.1, -0.05) is 11.6 Å². The van der Waals surface area contributed by atoms with Crippen LogP contribution >= 0.6 is 23.4 Å². The van der Waals surface area contributed by atoms with E-state index in [1.54, 1.807) is 11.8 Å². The first-order valence-corrected chi connectivity index (χ1v) is 7.40. The molecule has 0 bridgehead atoms. The molecule has 1 saturated heterocycles. The van der Waals surface area contributed by atoms with E-state index in [1.807, 2.05) is 0 Å². The fourth-order valence-corrected chi connectivity index (χ4v) is 2.92. The summed E-state index contributed by atoms with van der Waals surface area (Å²) >= 11 is 7.17. The molecule has 1 aliphatic rings. The molecule has 2 rings (SSSR count). The van der Waals surface area contributed by atoms with Crippen molar-refractivity contribution >= 4 is 35.0 Å². The monoisotopic (exact) mass is 324 g/mol. The first kappa shape index (κ1) is 15.5. The van der Waals surface area contributed by atoms with Crippen molar-refractivity contribution in [3.05, 3.63) is 28.8 Å². The number of nitrogens with one attached hydrogen (secondary N) is 2. The van der Waals surface area contributed by atoms with E-state index >= 15 is 0 Å². The fraction of sp³-hybridized carbons (Fsp3) is 0.417. The van der Waals surface area contributed by atoms with Crippen LogP contribution < -0.4 is 10.6 Å². The molecule has 2 N–H and O–H groups in total. The molecule has 0 aliphatic carbocycles. The van der Waals surface area contributed by atoms with Crippen molar-refractivity contribution in [2.45, 2.75) is 12.2 Å². The summed E-state index contributed by atoms with van der Waals surface area (Å²) in [5, 5.41) is 5.26. The van der Waals surface area contributed by atoms with E-state index in [4.69, 9.17) is 11.6 Å². The summed E-state index contributed by atoms with van der Waals surface area (Å²) in [6, 6.07) is 2.81. The van der Waals surface area contributed by atoms with Gasteiger partial charge in [0.15, 0.2) is 0 Å². The number of anilines is 1. The van der Waals surface area contributed by atoms with Gasteiger partial charge in [-0.3, -0.25) is 4.79 Å². The Balaban J connectivity index is 2.18. The second-order valence-electron chi connectivity index (χ2n) is 4.26. The van der Waals surface area contributed by atoms with E-state index in [0.717, 1.165) is 11.8 Å². The molecule has 1 atom stereocenters. The van der Waals surface area contributed by atoms with Gasteiger partial charge in [-0.2, -0.15) is 24.9 Å². The summed E-state index contributed by atoms with van der Waals surface area (Å²) in [5.74, 6) is 0.962. The number of amides is 1. The molecule has 1 aliphatic heterocycles. The van der Waals surface area contributed by atoms with Gasteiger partial charge in [0.2, 0.25) is 5.91 Å². The van der Waals surface area contributed by atoms with Crippen molar-refractivity contribution in [3.63, 3.8) is 0 Å². The average molecular weight is 325 g/mol. The Kier molecular flexibility index (Phi) is 4.82. The third-order valence-electron chi connectivity index (χ3n) is 2.78. The van der Waals surface area contributed by atoms with Crippen LogP contribution in [0.1, 0.15) is 5.56 Å². The maximum absolute atomic E-state index is 12.9. The third-order valence-corrected chi connectivity index (χ3v) is 4.08. The number of benzene rings is 1. The molecule has 1 unspecified atom stereocenters. The largest absolute Gasteiger partial charge is 0.418 e. The van der Waals surface area contributed by atoms with Crippen LogP contribution in [0, 0.1) is 0 Å². The molecule has 0 radical (unpaired) electrons. The van der Waals surface area contributed by atoms with Crippen LogP contribution in [-0.4, -0.2) is 30.0 Å². The van der Waals surface area contributed by atoms with Crippen molar-refractivity contribution < 1.29 is 18.0 Å². The standard InChI is InChI=1S/C12H12ClF3N2OS/c13-7-1-2-9(8(5-7)12(14,15)16)18-11(19)10-6-20-4-3-17-10/h1-2,5,10,17H,3-4,6H2,(H,18,19). The molecule has 1 heterocycles. The minimum Gasteiger partial charge on any atom is -0.324 e. The van der Waals surface area contributed by atoms with Gasteiger partial charge in [-0.05, 0) is 18.2 Å². The van der Waals surface area contributed by atoms with Crippen LogP contribution in [0.15, 0.2) is 18.2 Å². The number of carbonyl (C=O) groups is 1. The minimum atomic E-state index is -4.57. The molecule has 1 amide bonds. The van der Waals surface area contributed by atoms with Gasteiger partial charge in [-0.25, -0.2) is 0 Å². The highest BCUT2D eigenvalue weighted by Crippen LogP contribution is 2.36. The molecule has 0 saturated carbocycles. The molecule has 3 nitrogen and oxygen atoms in total. The first-order chi connectivity index (χ1) is 9.38. The smallest absolute Gasteiger partial charge is 0.324 e. The number of hydrogen-bond donors (Lipinski definition) is 2. The highest BCUT2D eigenvalue weighted by Gasteiger charge is 2.34. The quantitative estimate of drug-likeness (QED) is 0.878. The van der Waals surface area contributed by atoms with Gasteiger partial charge in [0.05, 0.1) is 17.3 Å². The zero-order valence-corrected chi connectivity index (χ0v) is 11.8. The minimum absolute atomic E-state index is 0.0262. The summed E-state index contributed by atoms with van der Waals surface area (Å²) in [5.41, 5.74) is -1.22. The second-order valence-corrected chi connectivity index (χ2v) is 5.84. The van der Waals surface area contributed by atoms with E-state index in [9.17, 15) is 18.0 Å². The maximum Gasteiger partial charge on any atom is 0.418 e. The average Bonchev–Trinajstić information content (AvgIpc) is 2.40. The maximum atomic E-state index is 12.9. The number of halogens is 4. The van der Waals surface area contributed by atoms with Gasteiger partial charge in [-0.15, -0.1) is 0 Å². The predicted octanol–water partition coefficient (Wildman–Crippen LogP) is 3.00. The Morgan fingerprint density at radius 3 is 2.80 bits per heavy atom. The van der Waals surface area contributed by atoms with Crippen LogP contribution in [0.5, 0.6) is 0 Å². The molecule has 1 fully saturated rings. The van der Waals surface area contributed by atoms with E-state index in [0.29, 0.717) is 12.3 Å². The summed E-state index contributed by atoms with van der Waals surface area (Å²) in [6.45, 7) is 0.662. The van der Waals surface area contributed by atoms with Crippen LogP contribution in [0.3, 0.4) is 0 Å². The lowest BCUT2D eigenvalue weighted by atomic mass is 10.1. The topological polar surface area (TPSA) is 41.1 Å². The summed E-state index contributed by atoms with van der Waals surface area (Å²) < 4.78 is 38.7. The number of hydrogen-bond acceptors (Lipinski definition) is 3. The van der Waals surface area contributed by atoms with Gasteiger partial charge in [0.1, 0.15) is 0 Å². The molecule has 1 aromatic rings. The van der Waals surface area contributed by atoms with Crippen molar-refractivity contribution in [1.29, 1.82) is 0 Å². The molecule has 8 heteroatoms. The summed E-state index contributed by atoms with van der Waals surface area (Å²) in [6.07, 6.45) is -4.57. The molecule has 0 spiro atoms. The SMILES string of the molecule is O=C(Nc1ccc(Cl)cc1C(F)(F)F)C1CSCCN1. The number of thioether (sulfide) groups is 1. The second kappa shape index (κ2) is 6.24. The van der Waals surface area contributed by atoms with Crippen molar-refractivity contribution in [1.82, 2.24) is 5.32 Å². The van der Waals surface area contributed by atoms with E-state index in [1.165, 1.54) is 12.1 Å². The highest BCUT2D eigenvalue weighted by molar-refractivity contribution is 7.99. The molecular weight excluding hydrogens is 313 g/mol. The Hall–Kier alpha value is -0.920. The van der Waals surface area contributed by atoms with E-state index < -0.39 is 23.7 Å². The predicted molar refractivity (Wildman–Crippen MR) is 74.2 cm³/mol. The molecule has 0 aromatic heterocycles. The Bertz CT molecular complexity index is 504. The summed E-state index contributed by atoms with van der Waals surface area (Å²) in [4.78, 5) is 11.9. The molecular formula is C12H12ClF3N2OS. The van der Waals surface area contributed by atoms with Crippen LogP contribution in [0.2, 0.25) is 5.02 Å². The van der Waals surface area contributed by atoms with Crippen molar-refractivity contribution in [2.24, 2.45) is 0 Å². The fourth-order valence-electron chi connectivity index (χ4n) is 1.81. The van der Waals surface area contributed by atoms with Gasteiger partial charge >= 0.3 is 6.18 Å². The zero-order valence-electron chi connectivity index (χ0n) is 10.3. The van der Waals surface area contributed by atoms with Crippen molar-refractivity contribution in [2.75, 3.05) is 23.4 Å². The number of alkyl halides is 3. The zero-order chi connectivity index (χ0) is 14.8. The van der Waals surface area contributed by atoms with E-state index in [-0.39, 0.29) is 10.7 Å². The Morgan fingerprint density at radius 2 is 2.20 bits per heavy atom.